The number of hydrogen-bond acceptors (Lipinski definition) is 4. The molecule has 0 aliphatic carbocycles. The number of anilines is 1. The van der Waals surface area contributed by atoms with Gasteiger partial charge >= 0.3 is 0 Å². The number of amides is 2. The van der Waals surface area contributed by atoms with E-state index in [0.29, 0.717) is 12.1 Å². The summed E-state index contributed by atoms with van der Waals surface area (Å²) in [6.45, 7) is 11.2. The molecule has 2 rings (SSSR count). The summed E-state index contributed by atoms with van der Waals surface area (Å²) < 4.78 is 26.3. The number of benzene rings is 2. The van der Waals surface area contributed by atoms with E-state index in [4.69, 9.17) is 0 Å². The van der Waals surface area contributed by atoms with E-state index in [9.17, 15) is 18.0 Å². The third-order valence-corrected chi connectivity index (χ3v) is 6.63. The highest BCUT2D eigenvalue weighted by molar-refractivity contribution is 7.92. The van der Waals surface area contributed by atoms with Gasteiger partial charge in [0, 0.05) is 12.1 Å². The maximum absolute atomic E-state index is 13.7. The van der Waals surface area contributed by atoms with Crippen LogP contribution in [0.3, 0.4) is 0 Å². The minimum atomic E-state index is -3.74. The Balaban J connectivity index is 2.46. The van der Waals surface area contributed by atoms with Crippen LogP contribution >= 0.6 is 0 Å². The standard InChI is InChI=1S/C26H37N3O4S/c1-8-23(25(31)27-26(4,5)6)28(17-21-12-10-9-11-20(21)3)24(30)18-29(34(7,32)33)22-15-13-19(2)14-16-22/h9-16,23H,8,17-18H2,1-7H3,(H,27,31)/t23-/m1/s1. The Hall–Kier alpha value is -2.87. The molecule has 0 heterocycles. The van der Waals surface area contributed by atoms with E-state index in [-0.39, 0.29) is 12.5 Å². The summed E-state index contributed by atoms with van der Waals surface area (Å²) in [5, 5.41) is 2.96. The van der Waals surface area contributed by atoms with E-state index in [1.54, 1.807) is 24.3 Å². The van der Waals surface area contributed by atoms with Gasteiger partial charge in [-0.05, 0) is 64.3 Å². The van der Waals surface area contributed by atoms with Gasteiger partial charge in [-0.1, -0.05) is 48.9 Å². The number of carbonyl (C=O) groups excluding carboxylic acids is 2. The summed E-state index contributed by atoms with van der Waals surface area (Å²) in [4.78, 5) is 28.3. The topological polar surface area (TPSA) is 86.8 Å². The Morgan fingerprint density at radius 2 is 1.59 bits per heavy atom. The molecule has 186 valence electrons. The molecular formula is C26H37N3O4S. The van der Waals surface area contributed by atoms with Gasteiger partial charge in [0.25, 0.3) is 0 Å². The zero-order valence-electron chi connectivity index (χ0n) is 21.3. The molecule has 34 heavy (non-hydrogen) atoms. The average molecular weight is 488 g/mol. The lowest BCUT2D eigenvalue weighted by Crippen LogP contribution is -2.55. The first-order valence-electron chi connectivity index (χ1n) is 11.4. The molecule has 2 aromatic rings. The van der Waals surface area contributed by atoms with Crippen LogP contribution in [0.15, 0.2) is 48.5 Å². The Labute approximate surface area is 204 Å². The molecule has 1 N–H and O–H groups in total. The molecule has 0 spiro atoms. The van der Waals surface area contributed by atoms with Gasteiger partial charge in [0.1, 0.15) is 12.6 Å². The first kappa shape index (κ1) is 27.4. The van der Waals surface area contributed by atoms with Crippen LogP contribution in [-0.4, -0.2) is 49.5 Å². The van der Waals surface area contributed by atoms with Crippen LogP contribution in [0.4, 0.5) is 5.69 Å². The molecule has 0 bridgehead atoms. The van der Waals surface area contributed by atoms with Crippen LogP contribution in [0.2, 0.25) is 0 Å². The van der Waals surface area contributed by atoms with Crippen LogP contribution in [-0.2, 0) is 26.2 Å². The van der Waals surface area contributed by atoms with Gasteiger partial charge in [-0.15, -0.1) is 0 Å². The molecule has 0 fully saturated rings. The van der Waals surface area contributed by atoms with E-state index in [1.807, 2.05) is 65.8 Å². The number of sulfonamides is 1. The highest BCUT2D eigenvalue weighted by Gasteiger charge is 2.33. The fourth-order valence-corrected chi connectivity index (χ4v) is 4.52. The van der Waals surface area contributed by atoms with Gasteiger partial charge in [0.05, 0.1) is 11.9 Å². The number of aryl methyl sites for hydroxylation is 2. The molecule has 0 saturated heterocycles. The molecule has 0 aliphatic heterocycles. The van der Waals surface area contributed by atoms with Crippen molar-refractivity contribution in [2.24, 2.45) is 0 Å². The molecule has 8 heteroatoms. The lowest BCUT2D eigenvalue weighted by atomic mass is 10.0. The molecule has 1 atom stereocenters. The molecule has 0 aromatic heterocycles. The normalized spacial score (nSPS) is 12.7. The molecule has 2 aromatic carbocycles. The van der Waals surface area contributed by atoms with Crippen molar-refractivity contribution in [3.8, 4) is 0 Å². The average Bonchev–Trinajstić information content (AvgIpc) is 2.71. The minimum absolute atomic E-state index is 0.201. The van der Waals surface area contributed by atoms with E-state index < -0.39 is 34.1 Å². The minimum Gasteiger partial charge on any atom is -0.350 e. The second-order valence-electron chi connectivity index (χ2n) is 9.72. The first-order chi connectivity index (χ1) is 15.7. The molecule has 0 unspecified atom stereocenters. The largest absolute Gasteiger partial charge is 0.350 e. The second kappa shape index (κ2) is 11.0. The molecular weight excluding hydrogens is 450 g/mol. The van der Waals surface area contributed by atoms with Crippen LogP contribution in [0.25, 0.3) is 0 Å². The highest BCUT2D eigenvalue weighted by atomic mass is 32.2. The summed E-state index contributed by atoms with van der Waals surface area (Å²) in [6.07, 6.45) is 1.47. The van der Waals surface area contributed by atoms with Crippen LogP contribution in [0.1, 0.15) is 50.8 Å². The van der Waals surface area contributed by atoms with Crippen LogP contribution < -0.4 is 9.62 Å². The maximum atomic E-state index is 13.7. The second-order valence-corrected chi connectivity index (χ2v) is 11.6. The summed E-state index contributed by atoms with van der Waals surface area (Å²) in [5.74, 6) is -0.705. The van der Waals surface area contributed by atoms with Crippen LogP contribution in [0.5, 0.6) is 0 Å². The fourth-order valence-electron chi connectivity index (χ4n) is 3.67. The number of rotatable bonds is 9. The molecule has 2 amide bonds. The van der Waals surface area contributed by atoms with Crippen molar-refractivity contribution < 1.29 is 18.0 Å². The van der Waals surface area contributed by atoms with Gasteiger partial charge < -0.3 is 10.2 Å². The predicted octanol–water partition coefficient (Wildman–Crippen LogP) is 3.79. The van der Waals surface area contributed by atoms with E-state index in [2.05, 4.69) is 5.32 Å². The Morgan fingerprint density at radius 3 is 2.09 bits per heavy atom. The van der Waals surface area contributed by atoms with Crippen LogP contribution in [0, 0.1) is 13.8 Å². The summed E-state index contributed by atoms with van der Waals surface area (Å²) in [5.41, 5.74) is 2.81. The molecule has 0 aliphatic rings. The van der Waals surface area contributed by atoms with Crippen molar-refractivity contribution in [3.63, 3.8) is 0 Å². The summed E-state index contributed by atoms with van der Waals surface area (Å²) in [7, 11) is -3.74. The van der Waals surface area contributed by atoms with Gasteiger partial charge in [-0.25, -0.2) is 8.42 Å². The number of nitrogens with one attached hydrogen (secondary N) is 1. The zero-order valence-corrected chi connectivity index (χ0v) is 22.1. The van der Waals surface area contributed by atoms with Crippen molar-refractivity contribution in [2.75, 3.05) is 17.1 Å². The molecule has 7 nitrogen and oxygen atoms in total. The third kappa shape index (κ3) is 7.58. The van der Waals surface area contributed by atoms with Crippen molar-refractivity contribution >= 4 is 27.5 Å². The summed E-state index contributed by atoms with van der Waals surface area (Å²) >= 11 is 0. The monoisotopic (exact) mass is 487 g/mol. The van der Waals surface area contributed by atoms with Crippen molar-refractivity contribution in [1.82, 2.24) is 10.2 Å². The third-order valence-electron chi connectivity index (χ3n) is 5.49. The Kier molecular flexibility index (Phi) is 8.89. The zero-order chi connectivity index (χ0) is 25.7. The Bertz CT molecular complexity index is 1110. The quantitative estimate of drug-likeness (QED) is 0.583. The van der Waals surface area contributed by atoms with Crippen molar-refractivity contribution in [2.45, 2.75) is 66.1 Å². The van der Waals surface area contributed by atoms with Gasteiger partial charge in [-0.2, -0.15) is 0 Å². The van der Waals surface area contributed by atoms with E-state index in [1.165, 1.54) is 4.90 Å². The highest BCUT2D eigenvalue weighted by Crippen LogP contribution is 2.21. The number of carbonyl (C=O) groups is 2. The van der Waals surface area contributed by atoms with Crippen molar-refractivity contribution in [3.05, 3.63) is 65.2 Å². The predicted molar refractivity (Wildman–Crippen MR) is 137 cm³/mol. The molecule has 0 radical (unpaired) electrons. The first-order valence-corrected chi connectivity index (χ1v) is 13.3. The molecule has 0 saturated carbocycles. The van der Waals surface area contributed by atoms with Gasteiger partial charge in [-0.3, -0.25) is 13.9 Å². The van der Waals surface area contributed by atoms with Gasteiger partial charge in [0.15, 0.2) is 0 Å². The fraction of sp³-hybridized carbons (Fsp3) is 0.462. The Morgan fingerprint density at radius 1 is 1.00 bits per heavy atom. The summed E-state index contributed by atoms with van der Waals surface area (Å²) in [6, 6.07) is 13.9. The SMILES string of the molecule is CC[C@H](C(=O)NC(C)(C)C)N(Cc1ccccc1C)C(=O)CN(c1ccc(C)cc1)S(C)(=O)=O. The smallest absolute Gasteiger partial charge is 0.244 e. The lowest BCUT2D eigenvalue weighted by Gasteiger charge is -2.34. The van der Waals surface area contributed by atoms with E-state index >= 15 is 0 Å². The number of nitrogens with zero attached hydrogens (tertiary/aromatic N) is 2. The van der Waals surface area contributed by atoms with E-state index in [0.717, 1.165) is 27.3 Å². The number of hydrogen-bond donors (Lipinski definition) is 1. The lowest BCUT2D eigenvalue weighted by molar-refractivity contribution is -0.141. The van der Waals surface area contributed by atoms with Gasteiger partial charge in [0.2, 0.25) is 21.8 Å². The maximum Gasteiger partial charge on any atom is 0.244 e. The van der Waals surface area contributed by atoms with Crippen molar-refractivity contribution in [1.29, 1.82) is 0 Å².